The van der Waals surface area contributed by atoms with Crippen molar-refractivity contribution < 1.29 is 14.3 Å². The summed E-state index contributed by atoms with van der Waals surface area (Å²) in [6.07, 6.45) is 5.16. The normalized spacial score (nSPS) is 19.9. The van der Waals surface area contributed by atoms with Crippen molar-refractivity contribution in [2.45, 2.75) is 38.5 Å². The van der Waals surface area contributed by atoms with Crippen molar-refractivity contribution in [3.8, 4) is 5.75 Å². The van der Waals surface area contributed by atoms with Gasteiger partial charge in [0.1, 0.15) is 12.6 Å². The number of morpholine rings is 1. The maximum Gasteiger partial charge on any atom is 0.242 e. The summed E-state index contributed by atoms with van der Waals surface area (Å²) < 4.78 is 13.0. The molecule has 31 heavy (non-hydrogen) atoms. The number of amides is 1. The predicted molar refractivity (Wildman–Crippen MR) is 118 cm³/mol. The molecule has 0 aliphatic carbocycles. The summed E-state index contributed by atoms with van der Waals surface area (Å²) in [4.78, 5) is 29.8. The topological polar surface area (TPSA) is 64.0 Å². The lowest BCUT2D eigenvalue weighted by Crippen LogP contribution is -2.44. The lowest BCUT2D eigenvalue weighted by molar-refractivity contribution is -0.139. The van der Waals surface area contributed by atoms with Gasteiger partial charge >= 0.3 is 0 Å². The van der Waals surface area contributed by atoms with Gasteiger partial charge in [0.25, 0.3) is 0 Å². The zero-order valence-corrected chi connectivity index (χ0v) is 18.2. The van der Waals surface area contributed by atoms with E-state index in [-0.39, 0.29) is 29.7 Å². The second-order valence-corrected chi connectivity index (χ2v) is 8.27. The molecule has 2 fully saturated rings. The van der Waals surface area contributed by atoms with E-state index in [1.54, 1.807) is 12.3 Å². The molecule has 1 atom stereocenters. The Labute approximate surface area is 183 Å². The molecule has 3 heterocycles. The van der Waals surface area contributed by atoms with Crippen molar-refractivity contribution in [3.63, 3.8) is 0 Å². The smallest absolute Gasteiger partial charge is 0.242 e. The summed E-state index contributed by atoms with van der Waals surface area (Å²) >= 11 is 0. The molecule has 0 saturated carbocycles. The fourth-order valence-corrected chi connectivity index (χ4v) is 4.37. The minimum absolute atomic E-state index is 0.0230. The molecule has 7 heteroatoms. The molecule has 0 spiro atoms. The van der Waals surface area contributed by atoms with Crippen LogP contribution >= 0.6 is 0 Å². The lowest BCUT2D eigenvalue weighted by atomic mass is 10.1. The highest BCUT2D eigenvalue weighted by Crippen LogP contribution is 2.22. The van der Waals surface area contributed by atoms with E-state index in [9.17, 15) is 9.59 Å². The highest BCUT2D eigenvalue weighted by Gasteiger charge is 2.26. The number of carbonyl (C=O) groups is 1. The third-order valence-corrected chi connectivity index (χ3v) is 6.13. The molecule has 2 aliphatic rings. The van der Waals surface area contributed by atoms with Crippen LogP contribution in [0.5, 0.6) is 5.75 Å². The molecule has 4 rings (SSSR count). The van der Waals surface area contributed by atoms with Crippen molar-refractivity contribution >= 4 is 5.91 Å². The molecule has 2 aromatic rings. The van der Waals surface area contributed by atoms with Crippen molar-refractivity contribution in [2.24, 2.45) is 0 Å². The maximum atomic E-state index is 13.2. The Bertz CT molecular complexity index is 938. The fraction of sp³-hybridized carbons (Fsp3) is 0.500. The zero-order valence-electron chi connectivity index (χ0n) is 18.2. The first-order valence-corrected chi connectivity index (χ1v) is 11.1. The van der Waals surface area contributed by atoms with Gasteiger partial charge in [-0.3, -0.25) is 14.5 Å². The first kappa shape index (κ1) is 21.6. The van der Waals surface area contributed by atoms with E-state index < -0.39 is 0 Å². The van der Waals surface area contributed by atoms with Gasteiger partial charge in [-0.1, -0.05) is 36.8 Å². The van der Waals surface area contributed by atoms with Crippen molar-refractivity contribution in [2.75, 3.05) is 39.9 Å². The summed E-state index contributed by atoms with van der Waals surface area (Å²) in [7, 11) is 1.49. The number of carbonyl (C=O) groups excluding carboxylic acids is 1. The number of likely N-dealkylation sites (tertiary alicyclic amines) is 1. The Kier molecular flexibility index (Phi) is 7.04. The van der Waals surface area contributed by atoms with Crippen LogP contribution in [0.3, 0.4) is 0 Å². The van der Waals surface area contributed by atoms with Crippen molar-refractivity contribution in [1.82, 2.24) is 14.4 Å². The van der Waals surface area contributed by atoms with Gasteiger partial charge in [0.2, 0.25) is 11.3 Å². The van der Waals surface area contributed by atoms with Gasteiger partial charge in [0.15, 0.2) is 5.75 Å². The number of piperidine rings is 1. The van der Waals surface area contributed by atoms with Crippen LogP contribution in [0.1, 0.15) is 36.6 Å². The Balaban J connectivity index is 1.50. The molecular formula is C24H31N3O4. The van der Waals surface area contributed by atoms with E-state index >= 15 is 0 Å². The van der Waals surface area contributed by atoms with Crippen molar-refractivity contribution in [3.05, 3.63) is 64.1 Å². The van der Waals surface area contributed by atoms with Crippen LogP contribution in [0.15, 0.2) is 47.4 Å². The number of hydrogen-bond acceptors (Lipinski definition) is 5. The Hall–Kier alpha value is -2.64. The summed E-state index contributed by atoms with van der Waals surface area (Å²) in [6.45, 7) is 4.51. The number of benzene rings is 1. The molecule has 0 N–H and O–H groups in total. The van der Waals surface area contributed by atoms with Gasteiger partial charge < -0.3 is 18.9 Å². The molecule has 2 saturated heterocycles. The standard InChI is InChI=1S/C24H31N3O4/c1-30-23-17-27(20(14-21(23)28)15-25-10-6-3-7-11-25)18-24(29)26-12-13-31-22(16-26)19-8-4-2-5-9-19/h2,4-5,8-9,14,17,22H,3,6-7,10-13,15-16,18H2,1H3/t22-/m1/s1. The van der Waals surface area contributed by atoms with E-state index in [0.29, 0.717) is 26.2 Å². The average molecular weight is 426 g/mol. The van der Waals surface area contributed by atoms with Gasteiger partial charge in [0, 0.05) is 24.8 Å². The molecule has 1 aromatic carbocycles. The number of methoxy groups -OCH3 is 1. The Morgan fingerprint density at radius 1 is 1.13 bits per heavy atom. The van der Waals surface area contributed by atoms with Crippen LogP contribution in [0.2, 0.25) is 0 Å². The number of rotatable bonds is 6. The second-order valence-electron chi connectivity index (χ2n) is 8.27. The van der Waals surface area contributed by atoms with Gasteiger partial charge in [0.05, 0.1) is 26.5 Å². The van der Waals surface area contributed by atoms with Crippen LogP contribution < -0.4 is 10.2 Å². The van der Waals surface area contributed by atoms with E-state index in [1.807, 2.05) is 39.8 Å². The van der Waals surface area contributed by atoms with E-state index in [4.69, 9.17) is 9.47 Å². The zero-order chi connectivity index (χ0) is 21.6. The first-order valence-electron chi connectivity index (χ1n) is 11.1. The monoisotopic (exact) mass is 425 g/mol. The highest BCUT2D eigenvalue weighted by atomic mass is 16.5. The largest absolute Gasteiger partial charge is 0.491 e. The van der Waals surface area contributed by atoms with Crippen LogP contribution in [-0.4, -0.2) is 60.2 Å². The minimum Gasteiger partial charge on any atom is -0.491 e. The third kappa shape index (κ3) is 5.35. The highest BCUT2D eigenvalue weighted by molar-refractivity contribution is 5.76. The van der Waals surface area contributed by atoms with E-state index in [1.165, 1.54) is 26.4 Å². The van der Waals surface area contributed by atoms with Crippen LogP contribution in [0.4, 0.5) is 0 Å². The molecule has 2 aliphatic heterocycles. The summed E-state index contributed by atoms with van der Waals surface area (Å²) in [5.41, 5.74) is 1.79. The molecule has 0 bridgehead atoms. The third-order valence-electron chi connectivity index (χ3n) is 6.13. The van der Waals surface area contributed by atoms with E-state index in [0.717, 1.165) is 24.3 Å². The molecule has 1 aromatic heterocycles. The van der Waals surface area contributed by atoms with Crippen LogP contribution in [0, 0.1) is 0 Å². The lowest BCUT2D eigenvalue weighted by Gasteiger charge is -2.34. The summed E-state index contributed by atoms with van der Waals surface area (Å²) in [5, 5.41) is 0. The predicted octanol–water partition coefficient (Wildman–Crippen LogP) is 2.44. The Morgan fingerprint density at radius 2 is 1.90 bits per heavy atom. The van der Waals surface area contributed by atoms with Gasteiger partial charge in [-0.2, -0.15) is 0 Å². The van der Waals surface area contributed by atoms with Crippen LogP contribution in [0.25, 0.3) is 0 Å². The average Bonchev–Trinajstić information content (AvgIpc) is 2.82. The molecular weight excluding hydrogens is 394 g/mol. The van der Waals surface area contributed by atoms with E-state index in [2.05, 4.69) is 4.90 Å². The van der Waals surface area contributed by atoms with Gasteiger partial charge in [-0.25, -0.2) is 0 Å². The SMILES string of the molecule is COc1cn(CC(=O)N2CCO[C@@H](c3ccccc3)C2)c(CN2CCCCC2)cc1=O. The number of ether oxygens (including phenoxy) is 2. The Morgan fingerprint density at radius 3 is 2.65 bits per heavy atom. The molecule has 166 valence electrons. The summed E-state index contributed by atoms with van der Waals surface area (Å²) in [6, 6.07) is 11.6. The molecule has 7 nitrogen and oxygen atoms in total. The number of aromatic nitrogens is 1. The number of hydrogen-bond donors (Lipinski definition) is 0. The molecule has 0 unspecified atom stereocenters. The van der Waals surface area contributed by atoms with Crippen LogP contribution in [-0.2, 0) is 22.6 Å². The molecule has 0 radical (unpaired) electrons. The van der Waals surface area contributed by atoms with Gasteiger partial charge in [-0.15, -0.1) is 0 Å². The van der Waals surface area contributed by atoms with Crippen molar-refractivity contribution in [1.29, 1.82) is 0 Å². The second kappa shape index (κ2) is 10.1. The minimum atomic E-state index is -0.145. The summed E-state index contributed by atoms with van der Waals surface area (Å²) in [5.74, 6) is 0.286. The number of pyridine rings is 1. The first-order chi connectivity index (χ1) is 15.1. The quantitative estimate of drug-likeness (QED) is 0.711. The van der Waals surface area contributed by atoms with Gasteiger partial charge in [-0.05, 0) is 31.5 Å². The number of nitrogens with zero attached hydrogens (tertiary/aromatic N) is 3. The molecule has 1 amide bonds. The maximum absolute atomic E-state index is 13.2. The fourth-order valence-electron chi connectivity index (χ4n) is 4.37.